The number of rotatable bonds is 2. The van der Waals surface area contributed by atoms with Crippen molar-refractivity contribution < 1.29 is 9.90 Å². The smallest absolute Gasteiger partial charge is 0.309 e. The third-order valence-electron chi connectivity index (χ3n) is 1.46. The Morgan fingerprint density at radius 1 is 1.78 bits per heavy atom. The molecule has 0 aromatic heterocycles. The highest BCUT2D eigenvalue weighted by Gasteiger charge is 2.31. The van der Waals surface area contributed by atoms with Gasteiger partial charge in [-0.2, -0.15) is 0 Å². The monoisotopic (exact) mass is 147 g/mol. The molecule has 4 heteroatoms. The Kier molecular flexibility index (Phi) is 1.97. The Hall–Kier alpha value is -0.220. The minimum Gasteiger partial charge on any atom is -0.481 e. The minimum absolute atomic E-state index is 0.113. The maximum absolute atomic E-state index is 10.2. The summed E-state index contributed by atoms with van der Waals surface area (Å²) < 4.78 is 2.03. The topological polar surface area (TPSA) is 40.5 Å². The highest BCUT2D eigenvalue weighted by atomic mass is 32.2. The fourth-order valence-electron chi connectivity index (χ4n) is 0.743. The van der Waals surface area contributed by atoms with Crippen molar-refractivity contribution in [2.45, 2.75) is 0 Å². The first kappa shape index (κ1) is 6.89. The molecule has 3 nitrogen and oxygen atoms in total. The summed E-state index contributed by atoms with van der Waals surface area (Å²) in [6.45, 7) is 1.41. The maximum Gasteiger partial charge on any atom is 0.309 e. The predicted octanol–water partition coefficient (Wildman–Crippen LogP) is 0.281. The van der Waals surface area contributed by atoms with Crippen LogP contribution < -0.4 is 0 Å². The SMILES string of the molecule is CSN1CC(C(=O)O)C1. The predicted molar refractivity (Wildman–Crippen MR) is 36.2 cm³/mol. The van der Waals surface area contributed by atoms with E-state index >= 15 is 0 Å². The first-order valence-electron chi connectivity index (χ1n) is 2.76. The van der Waals surface area contributed by atoms with Gasteiger partial charge in [0, 0.05) is 13.1 Å². The highest BCUT2D eigenvalue weighted by Crippen LogP contribution is 2.21. The van der Waals surface area contributed by atoms with Crippen LogP contribution in [0.4, 0.5) is 0 Å². The molecule has 0 saturated carbocycles. The van der Waals surface area contributed by atoms with Crippen LogP contribution in [0.15, 0.2) is 0 Å². The molecule has 0 spiro atoms. The molecular formula is C5H9NO2S. The van der Waals surface area contributed by atoms with Crippen molar-refractivity contribution in [1.29, 1.82) is 0 Å². The van der Waals surface area contributed by atoms with E-state index in [9.17, 15) is 4.79 Å². The van der Waals surface area contributed by atoms with Gasteiger partial charge in [-0.1, -0.05) is 11.9 Å². The molecule has 52 valence electrons. The molecule has 0 unspecified atom stereocenters. The number of hydrogen-bond acceptors (Lipinski definition) is 3. The summed E-state index contributed by atoms with van der Waals surface area (Å²) in [6.07, 6.45) is 1.96. The van der Waals surface area contributed by atoms with E-state index in [2.05, 4.69) is 0 Å². The van der Waals surface area contributed by atoms with Gasteiger partial charge in [-0.3, -0.25) is 4.79 Å². The molecule has 1 aliphatic heterocycles. The summed E-state index contributed by atoms with van der Waals surface area (Å²) in [5, 5.41) is 8.41. The Labute approximate surface area is 58.2 Å². The standard InChI is InChI=1S/C5H9NO2S/c1-9-6-2-4(3-6)5(7)8/h4H,2-3H2,1H3,(H,7,8). The van der Waals surface area contributed by atoms with Crippen LogP contribution in [0.3, 0.4) is 0 Å². The Balaban J connectivity index is 2.19. The number of nitrogens with zero attached hydrogens (tertiary/aromatic N) is 1. The van der Waals surface area contributed by atoms with E-state index in [1.54, 1.807) is 11.9 Å². The summed E-state index contributed by atoms with van der Waals surface area (Å²) in [7, 11) is 0. The normalized spacial score (nSPS) is 21.4. The van der Waals surface area contributed by atoms with Gasteiger partial charge >= 0.3 is 5.97 Å². The molecule has 9 heavy (non-hydrogen) atoms. The Bertz CT molecular complexity index is 122. The number of aliphatic carboxylic acids is 1. The van der Waals surface area contributed by atoms with Crippen LogP contribution in [0.5, 0.6) is 0 Å². The second-order valence-electron chi connectivity index (χ2n) is 2.06. The van der Waals surface area contributed by atoms with Crippen molar-refractivity contribution in [2.24, 2.45) is 5.92 Å². The lowest BCUT2D eigenvalue weighted by Crippen LogP contribution is -2.46. The summed E-state index contributed by atoms with van der Waals surface area (Å²) in [5.41, 5.74) is 0. The average Bonchev–Trinajstić information content (AvgIpc) is 1.61. The van der Waals surface area contributed by atoms with E-state index in [1.165, 1.54) is 0 Å². The van der Waals surface area contributed by atoms with E-state index in [1.807, 2.05) is 10.6 Å². The number of carboxylic acids is 1. The lowest BCUT2D eigenvalue weighted by Gasteiger charge is -2.34. The van der Waals surface area contributed by atoms with Crippen molar-refractivity contribution in [1.82, 2.24) is 4.31 Å². The molecule has 1 aliphatic rings. The van der Waals surface area contributed by atoms with Gasteiger partial charge in [-0.25, -0.2) is 4.31 Å². The molecule has 0 bridgehead atoms. The first-order valence-corrected chi connectivity index (χ1v) is 3.94. The molecule has 1 fully saturated rings. The van der Waals surface area contributed by atoms with Crippen molar-refractivity contribution in [3.8, 4) is 0 Å². The van der Waals surface area contributed by atoms with Gasteiger partial charge in [-0.05, 0) is 6.26 Å². The van der Waals surface area contributed by atoms with Gasteiger partial charge in [-0.15, -0.1) is 0 Å². The molecule has 0 amide bonds. The first-order chi connectivity index (χ1) is 4.24. The van der Waals surface area contributed by atoms with Crippen LogP contribution in [0.2, 0.25) is 0 Å². The molecule has 1 N–H and O–H groups in total. The van der Waals surface area contributed by atoms with E-state index in [-0.39, 0.29) is 5.92 Å². The molecule has 0 aliphatic carbocycles. The summed E-state index contributed by atoms with van der Waals surface area (Å²) in [5.74, 6) is -0.780. The van der Waals surface area contributed by atoms with Crippen LogP contribution in [0, 0.1) is 5.92 Å². The zero-order chi connectivity index (χ0) is 6.85. The van der Waals surface area contributed by atoms with Crippen LogP contribution in [0.1, 0.15) is 0 Å². The van der Waals surface area contributed by atoms with Crippen LogP contribution in [0.25, 0.3) is 0 Å². The van der Waals surface area contributed by atoms with Crippen LogP contribution in [-0.2, 0) is 4.79 Å². The number of hydrogen-bond donors (Lipinski definition) is 1. The lowest BCUT2D eigenvalue weighted by atomic mass is 10.0. The quantitative estimate of drug-likeness (QED) is 0.570. The summed E-state index contributed by atoms with van der Waals surface area (Å²) in [6, 6.07) is 0. The van der Waals surface area contributed by atoms with Gasteiger partial charge in [0.25, 0.3) is 0 Å². The fraction of sp³-hybridized carbons (Fsp3) is 0.800. The summed E-state index contributed by atoms with van der Waals surface area (Å²) in [4.78, 5) is 10.2. The van der Waals surface area contributed by atoms with Crippen LogP contribution >= 0.6 is 11.9 Å². The third-order valence-corrected chi connectivity index (χ3v) is 2.27. The van der Waals surface area contributed by atoms with Crippen molar-refractivity contribution in [2.75, 3.05) is 19.3 Å². The van der Waals surface area contributed by atoms with Gasteiger partial charge in [0.2, 0.25) is 0 Å². The van der Waals surface area contributed by atoms with E-state index < -0.39 is 5.97 Å². The second-order valence-corrected chi connectivity index (χ2v) is 2.95. The molecule has 0 atom stereocenters. The molecular weight excluding hydrogens is 138 g/mol. The van der Waals surface area contributed by atoms with Crippen molar-refractivity contribution in [3.05, 3.63) is 0 Å². The molecule has 1 heterocycles. The minimum atomic E-state index is -0.666. The zero-order valence-electron chi connectivity index (χ0n) is 5.20. The average molecular weight is 147 g/mol. The third kappa shape index (κ3) is 1.37. The Morgan fingerprint density at radius 2 is 2.33 bits per heavy atom. The van der Waals surface area contributed by atoms with E-state index in [4.69, 9.17) is 5.11 Å². The molecule has 0 aromatic rings. The maximum atomic E-state index is 10.2. The lowest BCUT2D eigenvalue weighted by molar-refractivity contribution is -0.145. The number of carbonyl (C=O) groups is 1. The highest BCUT2D eigenvalue weighted by molar-refractivity contribution is 7.96. The van der Waals surface area contributed by atoms with Gasteiger partial charge in [0.1, 0.15) is 0 Å². The molecule has 1 rings (SSSR count). The second kappa shape index (κ2) is 2.58. The fourth-order valence-corrected chi connectivity index (χ4v) is 1.40. The Morgan fingerprint density at radius 3 is 2.67 bits per heavy atom. The van der Waals surface area contributed by atoms with Gasteiger partial charge in [0.15, 0.2) is 0 Å². The molecule has 0 aromatic carbocycles. The van der Waals surface area contributed by atoms with E-state index in [0.717, 1.165) is 0 Å². The van der Waals surface area contributed by atoms with Crippen molar-refractivity contribution in [3.63, 3.8) is 0 Å². The zero-order valence-corrected chi connectivity index (χ0v) is 6.02. The van der Waals surface area contributed by atoms with Crippen LogP contribution in [-0.4, -0.2) is 34.7 Å². The molecule has 1 saturated heterocycles. The van der Waals surface area contributed by atoms with Gasteiger partial charge < -0.3 is 5.11 Å². The molecule has 0 radical (unpaired) electrons. The summed E-state index contributed by atoms with van der Waals surface area (Å²) >= 11 is 1.60. The number of carboxylic acid groups (broad SMARTS) is 1. The largest absolute Gasteiger partial charge is 0.481 e. The van der Waals surface area contributed by atoms with Crippen molar-refractivity contribution >= 4 is 17.9 Å². The van der Waals surface area contributed by atoms with Gasteiger partial charge in [0.05, 0.1) is 5.92 Å². The van der Waals surface area contributed by atoms with E-state index in [0.29, 0.717) is 13.1 Å².